The topological polar surface area (TPSA) is 29.5 Å². The summed E-state index contributed by atoms with van der Waals surface area (Å²) in [6.45, 7) is -0.276. The largest absolute Gasteiger partial charge is 0.495 e. The molecule has 0 bridgehead atoms. The fourth-order valence-electron chi connectivity index (χ4n) is 1.35. The number of halogens is 1. The molecule has 1 aromatic heterocycles. The van der Waals surface area contributed by atoms with Crippen LogP contribution in [-0.4, -0.2) is 12.2 Å². The number of methoxy groups -OCH3 is 1. The number of hydrogen-bond acceptors (Lipinski definition) is 3. The lowest BCUT2D eigenvalue weighted by Gasteiger charge is -2.00. The highest BCUT2D eigenvalue weighted by Gasteiger charge is 2.09. The SMILES string of the molecule is COc1csc2cc(CO)c(F)cc12. The van der Waals surface area contributed by atoms with E-state index in [9.17, 15) is 4.39 Å². The Balaban J connectivity index is 2.69. The average molecular weight is 212 g/mol. The van der Waals surface area contributed by atoms with Gasteiger partial charge < -0.3 is 9.84 Å². The van der Waals surface area contributed by atoms with Gasteiger partial charge in [-0.3, -0.25) is 0 Å². The van der Waals surface area contributed by atoms with E-state index >= 15 is 0 Å². The molecule has 0 radical (unpaired) electrons. The summed E-state index contributed by atoms with van der Waals surface area (Å²) in [5.74, 6) is 0.282. The van der Waals surface area contributed by atoms with Gasteiger partial charge in [-0.25, -0.2) is 4.39 Å². The van der Waals surface area contributed by atoms with Crippen LogP contribution in [0.3, 0.4) is 0 Å². The third-order valence-corrected chi connectivity index (χ3v) is 3.02. The number of aliphatic hydroxyl groups is 1. The molecule has 0 aliphatic heterocycles. The highest BCUT2D eigenvalue weighted by Crippen LogP contribution is 2.33. The molecule has 0 unspecified atom stereocenters. The van der Waals surface area contributed by atoms with Crippen LogP contribution < -0.4 is 4.74 Å². The Bertz CT molecular complexity index is 464. The van der Waals surface area contributed by atoms with Gasteiger partial charge in [0.05, 0.1) is 13.7 Å². The van der Waals surface area contributed by atoms with Crippen molar-refractivity contribution in [3.05, 3.63) is 28.9 Å². The second-order valence-electron chi connectivity index (χ2n) is 2.90. The molecule has 2 rings (SSSR count). The third kappa shape index (κ3) is 1.36. The summed E-state index contributed by atoms with van der Waals surface area (Å²) >= 11 is 1.47. The Hall–Kier alpha value is -1.13. The molecule has 0 saturated carbocycles. The van der Waals surface area contributed by atoms with Crippen LogP contribution in [0.1, 0.15) is 5.56 Å². The molecule has 74 valence electrons. The Labute approximate surface area is 84.6 Å². The van der Waals surface area contributed by atoms with Crippen LogP contribution >= 0.6 is 11.3 Å². The maximum absolute atomic E-state index is 13.3. The molecule has 0 saturated heterocycles. The van der Waals surface area contributed by atoms with Gasteiger partial charge in [-0.05, 0) is 12.1 Å². The highest BCUT2D eigenvalue weighted by molar-refractivity contribution is 7.17. The second kappa shape index (κ2) is 3.55. The summed E-state index contributed by atoms with van der Waals surface area (Å²) in [6, 6.07) is 3.05. The average Bonchev–Trinajstić information content (AvgIpc) is 2.58. The maximum atomic E-state index is 13.3. The van der Waals surface area contributed by atoms with Gasteiger partial charge in [-0.15, -0.1) is 11.3 Å². The van der Waals surface area contributed by atoms with Crippen LogP contribution in [0.5, 0.6) is 5.75 Å². The van der Waals surface area contributed by atoms with Crippen molar-refractivity contribution in [3.63, 3.8) is 0 Å². The third-order valence-electron chi connectivity index (χ3n) is 2.10. The first kappa shape index (κ1) is 9.43. The van der Waals surface area contributed by atoms with Gasteiger partial charge in [0.1, 0.15) is 11.6 Å². The molecule has 2 nitrogen and oxygen atoms in total. The van der Waals surface area contributed by atoms with Crippen molar-refractivity contribution in [2.45, 2.75) is 6.61 Å². The molecule has 4 heteroatoms. The van der Waals surface area contributed by atoms with Crippen LogP contribution in [0, 0.1) is 5.82 Å². The van der Waals surface area contributed by atoms with E-state index in [1.807, 2.05) is 5.38 Å². The molecular formula is C10H9FO2S. The van der Waals surface area contributed by atoms with E-state index in [0.717, 1.165) is 10.1 Å². The molecule has 0 spiro atoms. The molecule has 0 fully saturated rings. The van der Waals surface area contributed by atoms with Gasteiger partial charge in [-0.1, -0.05) is 0 Å². The Morgan fingerprint density at radius 2 is 2.29 bits per heavy atom. The van der Waals surface area contributed by atoms with E-state index in [1.165, 1.54) is 17.4 Å². The lowest BCUT2D eigenvalue weighted by atomic mass is 10.1. The normalized spacial score (nSPS) is 10.8. The smallest absolute Gasteiger partial charge is 0.137 e. The number of benzene rings is 1. The number of fused-ring (bicyclic) bond motifs is 1. The number of hydrogen-bond donors (Lipinski definition) is 1. The first-order valence-corrected chi connectivity index (χ1v) is 4.98. The van der Waals surface area contributed by atoms with Gasteiger partial charge >= 0.3 is 0 Å². The Kier molecular flexibility index (Phi) is 2.39. The number of thiophene rings is 1. The number of rotatable bonds is 2. The molecule has 14 heavy (non-hydrogen) atoms. The first-order valence-electron chi connectivity index (χ1n) is 4.10. The quantitative estimate of drug-likeness (QED) is 0.829. The Morgan fingerprint density at radius 1 is 1.50 bits per heavy atom. The summed E-state index contributed by atoms with van der Waals surface area (Å²) in [6.07, 6.45) is 0. The molecule has 0 atom stereocenters. The fourth-order valence-corrected chi connectivity index (χ4v) is 2.30. The first-order chi connectivity index (χ1) is 6.76. The van der Waals surface area contributed by atoms with Crippen molar-refractivity contribution in [3.8, 4) is 5.75 Å². The minimum absolute atomic E-state index is 0.276. The standard InChI is InChI=1S/C10H9FO2S/c1-13-9-5-14-10-2-6(4-12)8(11)3-7(9)10/h2-3,5,12H,4H2,1H3. The summed E-state index contributed by atoms with van der Waals surface area (Å²) in [5, 5.41) is 11.5. The molecule has 0 aliphatic carbocycles. The van der Waals surface area contributed by atoms with Gasteiger partial charge in [-0.2, -0.15) is 0 Å². The van der Waals surface area contributed by atoms with Crippen LogP contribution in [0.15, 0.2) is 17.5 Å². The van der Waals surface area contributed by atoms with Crippen LogP contribution in [0.2, 0.25) is 0 Å². The lowest BCUT2D eigenvalue weighted by Crippen LogP contribution is -1.89. The van der Waals surface area contributed by atoms with Gasteiger partial charge in [0.15, 0.2) is 0 Å². The summed E-state index contributed by atoms with van der Waals surface area (Å²) < 4.78 is 19.3. The molecule has 0 amide bonds. The zero-order valence-corrected chi connectivity index (χ0v) is 8.40. The van der Waals surface area contributed by atoms with Crippen LogP contribution in [-0.2, 0) is 6.61 Å². The van der Waals surface area contributed by atoms with E-state index < -0.39 is 5.82 Å². The van der Waals surface area contributed by atoms with E-state index in [0.29, 0.717) is 11.3 Å². The predicted molar refractivity (Wildman–Crippen MR) is 54.3 cm³/mol. The molecule has 2 aromatic rings. The van der Waals surface area contributed by atoms with E-state index in [2.05, 4.69) is 0 Å². The molecule has 0 aliphatic rings. The Morgan fingerprint density at radius 3 is 2.93 bits per heavy atom. The monoisotopic (exact) mass is 212 g/mol. The molecule has 1 N–H and O–H groups in total. The zero-order valence-electron chi connectivity index (χ0n) is 7.58. The van der Waals surface area contributed by atoms with Gasteiger partial charge in [0.25, 0.3) is 0 Å². The van der Waals surface area contributed by atoms with E-state index in [4.69, 9.17) is 9.84 Å². The van der Waals surface area contributed by atoms with Crippen LogP contribution in [0.25, 0.3) is 10.1 Å². The summed E-state index contributed by atoms with van der Waals surface area (Å²) in [7, 11) is 1.55. The second-order valence-corrected chi connectivity index (χ2v) is 3.81. The minimum atomic E-state index is -0.392. The van der Waals surface area contributed by atoms with Crippen molar-refractivity contribution in [2.75, 3.05) is 7.11 Å². The van der Waals surface area contributed by atoms with Crippen molar-refractivity contribution in [2.24, 2.45) is 0 Å². The van der Waals surface area contributed by atoms with Crippen LogP contribution in [0.4, 0.5) is 4.39 Å². The van der Waals surface area contributed by atoms with Crippen molar-refractivity contribution in [1.82, 2.24) is 0 Å². The highest BCUT2D eigenvalue weighted by atomic mass is 32.1. The molecule has 1 aromatic carbocycles. The van der Waals surface area contributed by atoms with Crippen molar-refractivity contribution < 1.29 is 14.2 Å². The summed E-state index contributed by atoms with van der Waals surface area (Å²) in [4.78, 5) is 0. The fraction of sp³-hybridized carbons (Fsp3) is 0.200. The molecular weight excluding hydrogens is 203 g/mol. The van der Waals surface area contributed by atoms with Crippen molar-refractivity contribution in [1.29, 1.82) is 0 Å². The predicted octanol–water partition coefficient (Wildman–Crippen LogP) is 2.54. The number of ether oxygens (including phenoxy) is 1. The molecule has 1 heterocycles. The maximum Gasteiger partial charge on any atom is 0.137 e. The van der Waals surface area contributed by atoms with Gasteiger partial charge in [0, 0.05) is 21.0 Å². The van der Waals surface area contributed by atoms with Crippen molar-refractivity contribution >= 4 is 21.4 Å². The summed E-state index contributed by atoms with van der Waals surface area (Å²) in [5.41, 5.74) is 0.321. The minimum Gasteiger partial charge on any atom is -0.495 e. The number of aliphatic hydroxyl groups excluding tert-OH is 1. The van der Waals surface area contributed by atoms with Gasteiger partial charge in [0.2, 0.25) is 0 Å². The van der Waals surface area contributed by atoms with E-state index in [1.54, 1.807) is 13.2 Å². The lowest BCUT2D eigenvalue weighted by molar-refractivity contribution is 0.276. The van der Waals surface area contributed by atoms with E-state index in [-0.39, 0.29) is 6.61 Å². The zero-order chi connectivity index (χ0) is 10.1.